The molecule has 0 radical (unpaired) electrons. The minimum absolute atomic E-state index is 0.0884. The average Bonchev–Trinajstić information content (AvgIpc) is 3.52. The molecule has 224 valence electrons. The zero-order valence-electron chi connectivity index (χ0n) is 24.9. The van der Waals surface area contributed by atoms with Gasteiger partial charge in [-0.2, -0.15) is 0 Å². The van der Waals surface area contributed by atoms with Crippen molar-refractivity contribution in [2.24, 2.45) is 5.92 Å². The molecule has 3 aliphatic heterocycles. The molecule has 4 amide bonds. The highest BCUT2D eigenvalue weighted by Gasteiger charge is 2.52. The van der Waals surface area contributed by atoms with Crippen LogP contribution in [0, 0.1) is 5.92 Å². The maximum atomic E-state index is 13.8. The molecule has 0 spiro atoms. The van der Waals surface area contributed by atoms with E-state index in [1.54, 1.807) is 24.0 Å². The standard InChI is InChI=1S/C30H44N6O5/c1-6-23(31-20(4)37)29(40)36-18-26(38)27-25(36)11-12-35(27)30(41)24(17-19(2)3)32-28(39)21-7-9-22(10-8-21)34-15-13-33(5)14-16-34/h7-10,19,23-25,27H,6,11-18H2,1-5H3,(H,31,37)(H,32,39). The van der Waals surface area contributed by atoms with E-state index in [1.165, 1.54) is 11.8 Å². The molecule has 3 heterocycles. The lowest BCUT2D eigenvalue weighted by Crippen LogP contribution is -2.53. The van der Waals surface area contributed by atoms with Crippen molar-refractivity contribution in [1.29, 1.82) is 0 Å². The van der Waals surface area contributed by atoms with Crippen LogP contribution >= 0.6 is 0 Å². The van der Waals surface area contributed by atoms with Gasteiger partial charge < -0.3 is 30.2 Å². The van der Waals surface area contributed by atoms with Crippen molar-refractivity contribution in [3.05, 3.63) is 29.8 Å². The highest BCUT2D eigenvalue weighted by Crippen LogP contribution is 2.31. The van der Waals surface area contributed by atoms with Crippen molar-refractivity contribution >= 4 is 35.1 Å². The van der Waals surface area contributed by atoms with Gasteiger partial charge in [-0.1, -0.05) is 20.8 Å². The first-order valence-corrected chi connectivity index (χ1v) is 14.7. The number of amides is 4. The van der Waals surface area contributed by atoms with Crippen molar-refractivity contribution in [1.82, 2.24) is 25.3 Å². The third kappa shape index (κ3) is 6.89. The molecule has 4 atom stereocenters. The fraction of sp³-hybridized carbons (Fsp3) is 0.633. The summed E-state index contributed by atoms with van der Waals surface area (Å²) in [7, 11) is 2.11. The fourth-order valence-corrected chi connectivity index (χ4v) is 6.16. The van der Waals surface area contributed by atoms with Gasteiger partial charge in [-0.15, -0.1) is 0 Å². The summed E-state index contributed by atoms with van der Waals surface area (Å²) >= 11 is 0. The van der Waals surface area contributed by atoms with Gasteiger partial charge in [0.2, 0.25) is 17.7 Å². The molecule has 2 N–H and O–H groups in total. The second-order valence-electron chi connectivity index (χ2n) is 11.9. The average molecular weight is 569 g/mol. The lowest BCUT2D eigenvalue weighted by molar-refractivity contribution is -0.138. The number of hydrogen-bond acceptors (Lipinski definition) is 7. The molecule has 3 aliphatic rings. The number of anilines is 1. The van der Waals surface area contributed by atoms with E-state index in [0.29, 0.717) is 31.4 Å². The number of likely N-dealkylation sites (tertiary alicyclic amines) is 2. The molecule has 4 unspecified atom stereocenters. The molecule has 0 aromatic heterocycles. The lowest BCUT2D eigenvalue weighted by Gasteiger charge is -2.34. The fourth-order valence-electron chi connectivity index (χ4n) is 6.16. The third-order valence-corrected chi connectivity index (χ3v) is 8.38. The summed E-state index contributed by atoms with van der Waals surface area (Å²) < 4.78 is 0. The van der Waals surface area contributed by atoms with Gasteiger partial charge in [-0.3, -0.25) is 24.0 Å². The quantitative estimate of drug-likeness (QED) is 0.454. The number of piperazine rings is 1. The van der Waals surface area contributed by atoms with Gasteiger partial charge in [0.25, 0.3) is 5.91 Å². The minimum atomic E-state index is -0.793. The number of nitrogens with one attached hydrogen (secondary N) is 2. The third-order valence-electron chi connectivity index (χ3n) is 8.38. The Morgan fingerprint density at radius 2 is 1.54 bits per heavy atom. The van der Waals surface area contributed by atoms with Gasteiger partial charge in [0.05, 0.1) is 12.6 Å². The monoisotopic (exact) mass is 568 g/mol. The number of nitrogens with zero attached hydrogens (tertiary/aromatic N) is 4. The number of hydrogen-bond donors (Lipinski definition) is 2. The summed E-state index contributed by atoms with van der Waals surface area (Å²) in [5.74, 6) is -1.31. The summed E-state index contributed by atoms with van der Waals surface area (Å²) in [6.07, 6.45) is 1.30. The number of fused-ring (bicyclic) bond motifs is 1. The van der Waals surface area contributed by atoms with Gasteiger partial charge in [-0.05, 0) is 56.5 Å². The maximum absolute atomic E-state index is 13.8. The number of carbonyl (C=O) groups excluding carboxylic acids is 5. The van der Waals surface area contributed by atoms with E-state index in [2.05, 4.69) is 27.5 Å². The molecule has 1 aromatic carbocycles. The largest absolute Gasteiger partial charge is 0.369 e. The van der Waals surface area contributed by atoms with Gasteiger partial charge in [0.1, 0.15) is 18.1 Å². The Labute approximate surface area is 242 Å². The Balaban J connectivity index is 1.44. The van der Waals surface area contributed by atoms with Crippen molar-refractivity contribution in [3.63, 3.8) is 0 Å². The highest BCUT2D eigenvalue weighted by molar-refractivity contribution is 6.01. The van der Waals surface area contributed by atoms with Gasteiger partial charge in [-0.25, -0.2) is 0 Å². The van der Waals surface area contributed by atoms with Crippen LogP contribution in [0.3, 0.4) is 0 Å². The normalized spacial score (nSPS) is 22.5. The first kappa shape index (κ1) is 30.5. The predicted molar refractivity (Wildman–Crippen MR) is 155 cm³/mol. The molecule has 4 rings (SSSR count). The van der Waals surface area contributed by atoms with Crippen molar-refractivity contribution in [3.8, 4) is 0 Å². The van der Waals surface area contributed by atoms with Gasteiger partial charge >= 0.3 is 0 Å². The Morgan fingerprint density at radius 3 is 2.12 bits per heavy atom. The Morgan fingerprint density at radius 1 is 0.902 bits per heavy atom. The zero-order chi connectivity index (χ0) is 29.8. The molecule has 0 bridgehead atoms. The van der Waals surface area contributed by atoms with E-state index in [9.17, 15) is 24.0 Å². The molecular formula is C30H44N6O5. The summed E-state index contributed by atoms with van der Waals surface area (Å²) in [4.78, 5) is 72.6. The lowest BCUT2D eigenvalue weighted by atomic mass is 10.0. The zero-order valence-corrected chi connectivity index (χ0v) is 24.9. The number of ketones is 1. The summed E-state index contributed by atoms with van der Waals surface area (Å²) in [5, 5.41) is 5.60. The molecule has 11 nitrogen and oxygen atoms in total. The molecule has 3 saturated heterocycles. The summed E-state index contributed by atoms with van der Waals surface area (Å²) in [5.41, 5.74) is 1.54. The number of benzene rings is 1. The maximum Gasteiger partial charge on any atom is 0.251 e. The van der Waals surface area contributed by atoms with E-state index in [4.69, 9.17) is 0 Å². The van der Waals surface area contributed by atoms with Crippen molar-refractivity contribution in [2.75, 3.05) is 51.2 Å². The second kappa shape index (κ2) is 13.0. The van der Waals surface area contributed by atoms with E-state index in [-0.39, 0.29) is 41.9 Å². The van der Waals surface area contributed by atoms with Crippen LogP contribution in [0.4, 0.5) is 5.69 Å². The van der Waals surface area contributed by atoms with Crippen LogP contribution in [0.1, 0.15) is 57.3 Å². The van der Waals surface area contributed by atoms with E-state index in [0.717, 1.165) is 31.9 Å². The van der Waals surface area contributed by atoms with Crippen molar-refractivity contribution < 1.29 is 24.0 Å². The molecule has 11 heteroatoms. The molecule has 41 heavy (non-hydrogen) atoms. The van der Waals surface area contributed by atoms with E-state index < -0.39 is 24.2 Å². The second-order valence-corrected chi connectivity index (χ2v) is 11.9. The molecule has 0 aliphatic carbocycles. The number of likely N-dealkylation sites (N-methyl/N-ethyl adjacent to an activating group) is 1. The smallest absolute Gasteiger partial charge is 0.251 e. The molecule has 3 fully saturated rings. The highest BCUT2D eigenvalue weighted by atomic mass is 16.2. The number of Topliss-reactive ketones (excluding diaryl/α,β-unsaturated/α-hetero) is 1. The summed E-state index contributed by atoms with van der Waals surface area (Å²) in [6, 6.07) is 4.79. The van der Waals surface area contributed by atoms with Crippen LogP contribution in [0.25, 0.3) is 0 Å². The SMILES string of the molecule is CCC(NC(C)=O)C(=O)N1CC(=O)C2C1CCN2C(=O)C(CC(C)C)NC(=O)c1ccc(N2CCN(C)CC2)cc1. The van der Waals surface area contributed by atoms with Gasteiger partial charge in [0, 0.05) is 50.9 Å². The minimum Gasteiger partial charge on any atom is -0.369 e. The number of rotatable bonds is 9. The van der Waals surface area contributed by atoms with Gasteiger partial charge in [0.15, 0.2) is 5.78 Å². The van der Waals surface area contributed by atoms with Crippen LogP contribution in [0.15, 0.2) is 24.3 Å². The Kier molecular flexibility index (Phi) is 9.68. The number of carbonyl (C=O) groups is 5. The van der Waals surface area contributed by atoms with Crippen LogP contribution in [-0.2, 0) is 19.2 Å². The first-order valence-electron chi connectivity index (χ1n) is 14.7. The first-order chi connectivity index (χ1) is 19.5. The predicted octanol–water partition coefficient (Wildman–Crippen LogP) is 0.878. The van der Waals surface area contributed by atoms with Crippen LogP contribution in [0.5, 0.6) is 0 Å². The van der Waals surface area contributed by atoms with Crippen LogP contribution in [-0.4, -0.2) is 115 Å². The van der Waals surface area contributed by atoms with E-state index in [1.807, 2.05) is 26.0 Å². The van der Waals surface area contributed by atoms with E-state index >= 15 is 0 Å². The van der Waals surface area contributed by atoms with Crippen LogP contribution in [0.2, 0.25) is 0 Å². The molecular weight excluding hydrogens is 524 g/mol. The molecule has 0 saturated carbocycles. The van der Waals surface area contributed by atoms with Crippen LogP contribution < -0.4 is 15.5 Å². The van der Waals surface area contributed by atoms with Crippen molar-refractivity contribution in [2.45, 2.75) is 71.1 Å². The summed E-state index contributed by atoms with van der Waals surface area (Å²) in [6.45, 7) is 11.2. The topological polar surface area (TPSA) is 122 Å². The Bertz CT molecular complexity index is 1150. The Hall–Kier alpha value is -3.47. The molecule has 1 aromatic rings.